The Morgan fingerprint density at radius 1 is 0.527 bits per heavy atom. The third-order valence-electron chi connectivity index (χ3n) is 17.5. The zero-order chi connectivity index (χ0) is 35.3. The first-order chi connectivity index (χ1) is 26.8. The third kappa shape index (κ3) is 2.22. The number of nitrogens with zero attached hydrogens (tertiary/aromatic N) is 1. The minimum atomic E-state index is -4.37. The van der Waals surface area contributed by atoms with Crippen LogP contribution in [0.5, 0.6) is 0 Å². The molecule has 55 heavy (non-hydrogen) atoms. The molecule has 0 fully saturated rings. The molecule has 258 valence electrons. The molecular weight excluding hydrogens is 694 g/mol. The number of aryl methyl sites for hydroxylation is 1. The van der Waals surface area contributed by atoms with E-state index in [1.54, 1.807) is 121 Å². The van der Waals surface area contributed by atoms with Crippen LogP contribution in [0.25, 0.3) is 108 Å². The summed E-state index contributed by atoms with van der Waals surface area (Å²) in [6, 6.07) is 15.6. The molecule has 5 aliphatic carbocycles. The van der Waals surface area contributed by atoms with Crippen LogP contribution in [0, 0.1) is 6.92 Å². The molecule has 5 heteroatoms. The van der Waals surface area contributed by atoms with Crippen LogP contribution in [0.15, 0.2) is 42.5 Å². The fourth-order valence-corrected chi connectivity index (χ4v) is 17.0. The van der Waals surface area contributed by atoms with Crippen LogP contribution >= 0.6 is 7.60 Å². The van der Waals surface area contributed by atoms with Crippen LogP contribution in [0.3, 0.4) is 0 Å². The van der Waals surface area contributed by atoms with E-state index >= 15 is 0 Å². The lowest BCUT2D eigenvalue weighted by Crippen LogP contribution is -2.21. The van der Waals surface area contributed by atoms with Gasteiger partial charge in [0.25, 0.3) is 0 Å². The van der Waals surface area contributed by atoms with Gasteiger partial charge in [0.1, 0.15) is 0 Å². The van der Waals surface area contributed by atoms with Crippen LogP contribution in [-0.4, -0.2) is 21.7 Å². The number of rotatable bonds is 2. The van der Waals surface area contributed by atoms with Crippen molar-refractivity contribution >= 4 is 121 Å². The van der Waals surface area contributed by atoms with E-state index in [2.05, 4.69) is 43.1 Å². The fraction of sp³-hybridized carbons (Fsp3) is 0.240. The molecule has 12 aromatic carbocycles. The zero-order valence-corrected chi connectivity index (χ0v) is 31.1. The molecule has 5 atom stereocenters. The highest BCUT2D eigenvalue weighted by atomic mass is 31.2. The molecule has 18 rings (SSSR count). The molecule has 0 saturated heterocycles. The van der Waals surface area contributed by atoms with Crippen molar-refractivity contribution in [3.63, 3.8) is 0 Å². The third-order valence-corrected chi connectivity index (χ3v) is 18.5. The summed E-state index contributed by atoms with van der Waals surface area (Å²) < 4.78 is 12.4. The molecular formula is C50H30NO3P. The van der Waals surface area contributed by atoms with Gasteiger partial charge in [-0.2, -0.15) is 0 Å². The van der Waals surface area contributed by atoms with Gasteiger partial charge in [-0.25, -0.2) is 0 Å². The molecule has 4 nitrogen and oxygen atoms in total. The SMILES string of the molecule is Cc1cc(P(=O)(O)O)ccc1C1c2c(c3c4ccc5c6ccc7c8c9c%10c%11c%12c%13c%14c%15c(c2C%14CCC%13C%11CCC7%10)c3c2c4c5c(c68)c3c9c%12c%15c23)CN1C. The van der Waals surface area contributed by atoms with E-state index < -0.39 is 7.60 Å². The Kier molecular flexibility index (Phi) is 3.62. The normalized spacial score (nSPS) is 25.3. The van der Waals surface area contributed by atoms with Crippen molar-refractivity contribution in [2.75, 3.05) is 7.05 Å². The van der Waals surface area contributed by atoms with Crippen molar-refractivity contribution in [1.29, 1.82) is 0 Å². The van der Waals surface area contributed by atoms with Gasteiger partial charge in [-0.3, -0.25) is 9.46 Å². The summed E-state index contributed by atoms with van der Waals surface area (Å²) in [6.07, 6.45) is 5.05. The Labute approximate surface area is 312 Å². The van der Waals surface area contributed by atoms with Gasteiger partial charge >= 0.3 is 7.60 Å². The average Bonchev–Trinajstić information content (AvgIpc) is 4.02. The Balaban J connectivity index is 1.16. The summed E-state index contributed by atoms with van der Waals surface area (Å²) >= 11 is 0. The second-order valence-electron chi connectivity index (χ2n) is 19.1. The summed E-state index contributed by atoms with van der Waals surface area (Å²) in [4.78, 5) is 22.8. The Hall–Kier alpha value is -4.83. The van der Waals surface area contributed by atoms with Crippen molar-refractivity contribution in [3.05, 3.63) is 98.1 Å². The lowest BCUT2D eigenvalue weighted by atomic mass is 9.69. The number of hydrogen-bond donors (Lipinski definition) is 2. The summed E-state index contributed by atoms with van der Waals surface area (Å²) in [6.45, 7) is 2.92. The van der Waals surface area contributed by atoms with E-state index in [1.165, 1.54) is 74.7 Å². The maximum atomic E-state index is 12.4. The molecule has 12 aromatic rings. The predicted octanol–water partition coefficient (Wildman–Crippen LogP) is 11.6. The molecule has 6 aliphatic rings. The number of benzene rings is 9. The second-order valence-corrected chi connectivity index (χ2v) is 20.7. The molecule has 0 saturated carbocycles. The first-order valence-corrected chi connectivity index (χ1v) is 22.1. The lowest BCUT2D eigenvalue weighted by molar-refractivity contribution is 0.302. The van der Waals surface area contributed by atoms with Crippen LogP contribution < -0.4 is 5.30 Å². The molecule has 0 bridgehead atoms. The predicted molar refractivity (Wildman–Crippen MR) is 224 cm³/mol. The van der Waals surface area contributed by atoms with E-state index in [0.717, 1.165) is 12.1 Å². The molecule has 0 spiro atoms. The summed E-state index contributed by atoms with van der Waals surface area (Å²) in [5, 5.41) is 31.4. The number of fused-ring (bicyclic) bond motifs is 8. The summed E-state index contributed by atoms with van der Waals surface area (Å²) in [5.41, 5.74) is 15.3. The van der Waals surface area contributed by atoms with Gasteiger partial charge in [0.05, 0.1) is 11.3 Å². The van der Waals surface area contributed by atoms with E-state index in [1.807, 2.05) is 6.07 Å². The quantitative estimate of drug-likeness (QED) is 0.138. The van der Waals surface area contributed by atoms with E-state index in [0.29, 0.717) is 23.7 Å². The van der Waals surface area contributed by atoms with E-state index in [9.17, 15) is 14.4 Å². The Morgan fingerprint density at radius 3 is 1.80 bits per heavy atom. The van der Waals surface area contributed by atoms with Crippen molar-refractivity contribution in [3.8, 4) is 0 Å². The minimum Gasteiger partial charge on any atom is -0.321 e. The summed E-state index contributed by atoms with van der Waals surface area (Å²) in [7, 11) is -2.09. The minimum absolute atomic E-state index is 0.0253. The van der Waals surface area contributed by atoms with E-state index in [-0.39, 0.29) is 11.3 Å². The largest absolute Gasteiger partial charge is 0.356 e. The van der Waals surface area contributed by atoms with Crippen molar-refractivity contribution in [2.24, 2.45) is 0 Å². The zero-order valence-electron chi connectivity index (χ0n) is 30.2. The first-order valence-electron chi connectivity index (χ1n) is 20.5. The van der Waals surface area contributed by atoms with Crippen molar-refractivity contribution < 1.29 is 14.4 Å². The molecule has 5 unspecified atom stereocenters. The second kappa shape index (κ2) is 7.40. The molecule has 0 amide bonds. The highest BCUT2D eigenvalue weighted by molar-refractivity contribution is 7.60. The maximum Gasteiger partial charge on any atom is 0.356 e. The van der Waals surface area contributed by atoms with Crippen LogP contribution in [0.1, 0.15) is 111 Å². The highest BCUT2D eigenvalue weighted by Gasteiger charge is 2.53. The first kappa shape index (κ1) is 26.9. The van der Waals surface area contributed by atoms with Gasteiger partial charge < -0.3 is 9.79 Å². The van der Waals surface area contributed by atoms with Gasteiger partial charge in [-0.15, -0.1) is 0 Å². The van der Waals surface area contributed by atoms with Gasteiger partial charge in [0.2, 0.25) is 0 Å². The maximum absolute atomic E-state index is 12.4. The van der Waals surface area contributed by atoms with Crippen LogP contribution in [0.4, 0.5) is 0 Å². The van der Waals surface area contributed by atoms with Gasteiger partial charge in [0, 0.05) is 18.4 Å². The Bertz CT molecular complexity index is 3980. The average molecular weight is 724 g/mol. The smallest absolute Gasteiger partial charge is 0.321 e. The van der Waals surface area contributed by atoms with E-state index in [4.69, 9.17) is 0 Å². The van der Waals surface area contributed by atoms with Crippen LogP contribution in [0.2, 0.25) is 0 Å². The summed E-state index contributed by atoms with van der Waals surface area (Å²) in [5.74, 6) is 2.18. The van der Waals surface area contributed by atoms with Gasteiger partial charge in [-0.1, -0.05) is 30.3 Å². The fourth-order valence-electron chi connectivity index (χ4n) is 16.3. The molecule has 1 heterocycles. The Morgan fingerprint density at radius 2 is 1.05 bits per heavy atom. The van der Waals surface area contributed by atoms with Crippen LogP contribution in [-0.2, 0) is 11.1 Å². The standard InChI is InChI=1S/C50H30NO3P/c1-15-13-16(55(52,53)54)3-4-17(15)50-37-26(14-51(50)2)27-24-11-9-22-20-7-5-18-19-6-8-21-23-10-12-25-35-33(23)41-31(21)29(19)39-28(18)30(20)40-32(22)34(24)42-38(27)44(36(25)37)43(35)49-47(41)45(39)46(40)48(42)49/h3-5,7,9,11,13,19,21,23,25,50H,6,8,10,12,14H2,1-2H3,(H2,52,53,54). The molecule has 0 aromatic heterocycles. The topological polar surface area (TPSA) is 60.8 Å². The monoisotopic (exact) mass is 723 g/mol. The van der Waals surface area contributed by atoms with Crippen molar-refractivity contribution in [1.82, 2.24) is 4.90 Å². The number of hydrogen-bond acceptors (Lipinski definition) is 2. The van der Waals surface area contributed by atoms with Gasteiger partial charge in [0.15, 0.2) is 0 Å². The molecule has 2 N–H and O–H groups in total. The molecule has 0 radical (unpaired) electrons. The van der Waals surface area contributed by atoms with Crippen molar-refractivity contribution in [2.45, 2.75) is 68.9 Å². The molecule has 1 aliphatic heterocycles. The highest BCUT2D eigenvalue weighted by Crippen LogP contribution is 2.74. The van der Waals surface area contributed by atoms with Gasteiger partial charge in [-0.05, 0) is 227 Å². The lowest BCUT2D eigenvalue weighted by Gasteiger charge is -2.34.